The van der Waals surface area contributed by atoms with E-state index in [-0.39, 0.29) is 0 Å². The summed E-state index contributed by atoms with van der Waals surface area (Å²) in [4.78, 5) is 0. The molecule has 0 radical (unpaired) electrons. The predicted molar refractivity (Wildman–Crippen MR) is 71.1 cm³/mol. The minimum Gasteiger partial charge on any atom is -0.0651 e. The van der Waals surface area contributed by atoms with Crippen molar-refractivity contribution in [3.8, 4) is 11.1 Å². The molecule has 0 nitrogen and oxygen atoms in total. The van der Waals surface area contributed by atoms with Gasteiger partial charge in [-0.15, -0.1) is 0 Å². The van der Waals surface area contributed by atoms with Gasteiger partial charge in [0.25, 0.3) is 0 Å². The summed E-state index contributed by atoms with van der Waals surface area (Å²) in [5.41, 5.74) is 6.47. The summed E-state index contributed by atoms with van der Waals surface area (Å²) in [6.07, 6.45) is 2.64. The van der Waals surface area contributed by atoms with Gasteiger partial charge >= 0.3 is 0 Å². The SMILES string of the molecule is CC[C@H]1CC12c1ccccc1-c1ccccc12. The van der Waals surface area contributed by atoms with E-state index in [1.165, 1.54) is 24.0 Å². The van der Waals surface area contributed by atoms with Gasteiger partial charge in [-0.05, 0) is 34.6 Å². The van der Waals surface area contributed by atoms with Gasteiger partial charge < -0.3 is 0 Å². The highest BCUT2D eigenvalue weighted by molar-refractivity contribution is 5.83. The first-order valence-electron chi connectivity index (χ1n) is 6.57. The minimum absolute atomic E-state index is 0.377. The summed E-state index contributed by atoms with van der Waals surface area (Å²) >= 11 is 0. The first-order chi connectivity index (χ1) is 8.38. The first-order valence-corrected chi connectivity index (χ1v) is 6.57. The maximum atomic E-state index is 2.34. The van der Waals surface area contributed by atoms with E-state index >= 15 is 0 Å². The molecule has 17 heavy (non-hydrogen) atoms. The molecule has 2 aliphatic carbocycles. The van der Waals surface area contributed by atoms with E-state index in [0.717, 1.165) is 5.92 Å². The van der Waals surface area contributed by atoms with Crippen molar-refractivity contribution in [2.45, 2.75) is 25.2 Å². The third-order valence-corrected chi connectivity index (χ3v) is 4.70. The molecule has 0 saturated heterocycles. The molecule has 2 aromatic rings. The maximum Gasteiger partial charge on any atom is 0.0246 e. The Balaban J connectivity index is 2.05. The summed E-state index contributed by atoms with van der Waals surface area (Å²) in [5, 5.41) is 0. The van der Waals surface area contributed by atoms with Gasteiger partial charge in [0.05, 0.1) is 0 Å². The second-order valence-electron chi connectivity index (χ2n) is 5.37. The summed E-state index contributed by atoms with van der Waals surface area (Å²) in [5.74, 6) is 0.854. The fraction of sp³-hybridized carbons (Fsp3) is 0.294. The highest BCUT2D eigenvalue weighted by Gasteiger charge is 2.59. The third kappa shape index (κ3) is 0.993. The maximum absolute atomic E-state index is 2.34. The Labute approximate surface area is 102 Å². The quantitative estimate of drug-likeness (QED) is 0.669. The third-order valence-electron chi connectivity index (χ3n) is 4.70. The van der Waals surface area contributed by atoms with Crippen LogP contribution in [0.3, 0.4) is 0 Å². The van der Waals surface area contributed by atoms with E-state index in [1.54, 1.807) is 11.1 Å². The molecule has 0 bridgehead atoms. The van der Waals surface area contributed by atoms with E-state index in [4.69, 9.17) is 0 Å². The molecular formula is C17H16. The first kappa shape index (κ1) is 9.47. The van der Waals surface area contributed by atoms with Gasteiger partial charge in [0.1, 0.15) is 0 Å². The van der Waals surface area contributed by atoms with Crippen LogP contribution in [-0.2, 0) is 5.41 Å². The van der Waals surface area contributed by atoms with Gasteiger partial charge in [-0.2, -0.15) is 0 Å². The largest absolute Gasteiger partial charge is 0.0651 e. The van der Waals surface area contributed by atoms with Gasteiger partial charge in [-0.25, -0.2) is 0 Å². The predicted octanol–water partition coefficient (Wildman–Crippen LogP) is 4.38. The normalized spacial score (nSPS) is 22.3. The van der Waals surface area contributed by atoms with E-state index in [1.807, 2.05) is 0 Å². The fourth-order valence-electron chi connectivity index (χ4n) is 3.84. The Bertz CT molecular complexity index is 549. The highest BCUT2D eigenvalue weighted by Crippen LogP contribution is 2.67. The summed E-state index contributed by atoms with van der Waals surface area (Å²) in [6, 6.07) is 18.0. The summed E-state index contributed by atoms with van der Waals surface area (Å²) in [7, 11) is 0. The van der Waals surface area contributed by atoms with E-state index in [2.05, 4.69) is 55.5 Å². The zero-order chi connectivity index (χ0) is 11.5. The van der Waals surface area contributed by atoms with Gasteiger partial charge in [0, 0.05) is 5.41 Å². The number of hydrogen-bond donors (Lipinski definition) is 0. The molecule has 0 unspecified atom stereocenters. The number of hydrogen-bond acceptors (Lipinski definition) is 0. The molecule has 0 aromatic heterocycles. The molecule has 4 rings (SSSR count). The zero-order valence-corrected chi connectivity index (χ0v) is 10.1. The van der Waals surface area contributed by atoms with Crippen molar-refractivity contribution in [3.05, 3.63) is 59.7 Å². The van der Waals surface area contributed by atoms with E-state index in [0.29, 0.717) is 5.41 Å². The van der Waals surface area contributed by atoms with E-state index in [9.17, 15) is 0 Å². The monoisotopic (exact) mass is 220 g/mol. The number of benzene rings is 2. The Morgan fingerprint density at radius 2 is 1.47 bits per heavy atom. The molecule has 0 heterocycles. The van der Waals surface area contributed by atoms with Crippen molar-refractivity contribution in [3.63, 3.8) is 0 Å². The van der Waals surface area contributed by atoms with Gasteiger partial charge in [-0.3, -0.25) is 0 Å². The summed E-state index contributed by atoms with van der Waals surface area (Å²) < 4.78 is 0. The molecule has 1 atom stereocenters. The van der Waals surface area contributed by atoms with Gasteiger partial charge in [-0.1, -0.05) is 61.9 Å². The second kappa shape index (κ2) is 3.01. The molecular weight excluding hydrogens is 204 g/mol. The lowest BCUT2D eigenvalue weighted by molar-refractivity contribution is 0.687. The lowest BCUT2D eigenvalue weighted by Gasteiger charge is -2.12. The van der Waals surface area contributed by atoms with Crippen LogP contribution in [0.5, 0.6) is 0 Å². The molecule has 0 N–H and O–H groups in total. The molecule has 2 aromatic carbocycles. The van der Waals surface area contributed by atoms with Crippen molar-refractivity contribution < 1.29 is 0 Å². The number of rotatable bonds is 1. The van der Waals surface area contributed by atoms with Crippen molar-refractivity contribution in [1.29, 1.82) is 0 Å². The Morgan fingerprint density at radius 3 is 1.94 bits per heavy atom. The molecule has 0 heteroatoms. The summed E-state index contributed by atoms with van der Waals surface area (Å²) in [6.45, 7) is 2.32. The highest BCUT2D eigenvalue weighted by atomic mass is 14.6. The molecule has 1 spiro atoms. The fourth-order valence-corrected chi connectivity index (χ4v) is 3.84. The smallest absolute Gasteiger partial charge is 0.0246 e. The molecule has 1 fully saturated rings. The molecule has 0 aliphatic heterocycles. The Hall–Kier alpha value is -1.56. The number of fused-ring (bicyclic) bond motifs is 5. The topological polar surface area (TPSA) is 0 Å². The van der Waals surface area contributed by atoms with Crippen molar-refractivity contribution in [1.82, 2.24) is 0 Å². The van der Waals surface area contributed by atoms with Crippen LogP contribution in [0.4, 0.5) is 0 Å². The average molecular weight is 220 g/mol. The van der Waals surface area contributed by atoms with Crippen molar-refractivity contribution in [2.75, 3.05) is 0 Å². The van der Waals surface area contributed by atoms with Gasteiger partial charge in [0.2, 0.25) is 0 Å². The van der Waals surface area contributed by atoms with Crippen LogP contribution in [0.25, 0.3) is 11.1 Å². The van der Waals surface area contributed by atoms with Crippen molar-refractivity contribution in [2.24, 2.45) is 5.92 Å². The lowest BCUT2D eigenvalue weighted by atomic mass is 9.90. The zero-order valence-electron chi connectivity index (χ0n) is 10.1. The molecule has 0 amide bonds. The van der Waals surface area contributed by atoms with E-state index < -0.39 is 0 Å². The van der Waals surface area contributed by atoms with Crippen LogP contribution >= 0.6 is 0 Å². The van der Waals surface area contributed by atoms with Crippen LogP contribution in [-0.4, -0.2) is 0 Å². The van der Waals surface area contributed by atoms with Crippen LogP contribution in [0.15, 0.2) is 48.5 Å². The Morgan fingerprint density at radius 1 is 0.941 bits per heavy atom. The van der Waals surface area contributed by atoms with Crippen molar-refractivity contribution >= 4 is 0 Å². The molecule has 1 saturated carbocycles. The minimum atomic E-state index is 0.377. The van der Waals surface area contributed by atoms with Crippen LogP contribution in [0.2, 0.25) is 0 Å². The van der Waals surface area contributed by atoms with Crippen LogP contribution in [0, 0.1) is 5.92 Å². The lowest BCUT2D eigenvalue weighted by Crippen LogP contribution is -2.07. The Kier molecular flexibility index (Phi) is 1.68. The van der Waals surface area contributed by atoms with Crippen LogP contribution in [0.1, 0.15) is 30.9 Å². The molecule has 2 aliphatic rings. The average Bonchev–Trinajstić information content (AvgIpc) is 3.07. The second-order valence-corrected chi connectivity index (χ2v) is 5.37. The van der Waals surface area contributed by atoms with Crippen LogP contribution < -0.4 is 0 Å². The van der Waals surface area contributed by atoms with Gasteiger partial charge in [0.15, 0.2) is 0 Å². The molecule has 84 valence electrons. The standard InChI is InChI=1S/C17H16/c1-2-12-11-17(12)15-9-5-3-7-13(15)14-8-4-6-10-16(14)17/h3-10,12H,2,11H2,1H3/t12-/m0/s1.